The van der Waals surface area contributed by atoms with E-state index in [1.807, 2.05) is 50.2 Å². The molecular formula is C21H25N5O3. The molecule has 4 rings (SSSR count). The van der Waals surface area contributed by atoms with Crippen LogP contribution in [0, 0.1) is 13.8 Å². The normalized spacial score (nSPS) is 14.2. The molecule has 152 valence electrons. The summed E-state index contributed by atoms with van der Waals surface area (Å²) in [6, 6.07) is 11.9. The molecule has 0 spiro atoms. The van der Waals surface area contributed by atoms with E-state index >= 15 is 0 Å². The van der Waals surface area contributed by atoms with E-state index in [1.165, 1.54) is 5.56 Å². The first-order valence-electron chi connectivity index (χ1n) is 9.75. The van der Waals surface area contributed by atoms with Crippen LogP contribution >= 0.6 is 0 Å². The predicted molar refractivity (Wildman–Crippen MR) is 109 cm³/mol. The second-order valence-corrected chi connectivity index (χ2v) is 7.16. The van der Waals surface area contributed by atoms with Gasteiger partial charge in [0, 0.05) is 18.7 Å². The van der Waals surface area contributed by atoms with Gasteiger partial charge in [-0.1, -0.05) is 35.0 Å². The molecule has 0 bridgehead atoms. The van der Waals surface area contributed by atoms with Crippen molar-refractivity contribution in [2.24, 2.45) is 0 Å². The predicted octanol–water partition coefficient (Wildman–Crippen LogP) is 2.31. The monoisotopic (exact) mass is 395 g/mol. The van der Waals surface area contributed by atoms with Crippen molar-refractivity contribution in [1.29, 1.82) is 0 Å². The van der Waals surface area contributed by atoms with Crippen LogP contribution in [0.4, 0.5) is 5.82 Å². The van der Waals surface area contributed by atoms with Crippen molar-refractivity contribution in [2.75, 3.05) is 31.2 Å². The molecule has 1 aliphatic heterocycles. The number of anilines is 1. The van der Waals surface area contributed by atoms with E-state index in [2.05, 4.69) is 20.5 Å². The molecule has 1 aliphatic rings. The topological polar surface area (TPSA) is 85.4 Å². The van der Waals surface area contributed by atoms with Crippen LogP contribution in [0.2, 0.25) is 0 Å². The van der Waals surface area contributed by atoms with Crippen molar-refractivity contribution >= 4 is 11.7 Å². The van der Waals surface area contributed by atoms with Crippen LogP contribution in [0.1, 0.15) is 17.0 Å². The summed E-state index contributed by atoms with van der Waals surface area (Å²) in [6.45, 7) is 7.26. The van der Waals surface area contributed by atoms with Gasteiger partial charge in [0.05, 0.1) is 19.8 Å². The molecule has 2 aromatic heterocycles. The van der Waals surface area contributed by atoms with Crippen LogP contribution in [0.5, 0.6) is 0 Å². The number of carbonyl (C=O) groups excluding carboxylic acids is 1. The second kappa shape index (κ2) is 8.48. The van der Waals surface area contributed by atoms with Crippen molar-refractivity contribution in [3.63, 3.8) is 0 Å². The van der Waals surface area contributed by atoms with Gasteiger partial charge in [0.1, 0.15) is 23.8 Å². The fourth-order valence-corrected chi connectivity index (χ4v) is 3.39. The van der Waals surface area contributed by atoms with Gasteiger partial charge in [-0.15, -0.1) is 5.10 Å². The van der Waals surface area contributed by atoms with E-state index in [1.54, 1.807) is 4.68 Å². The summed E-state index contributed by atoms with van der Waals surface area (Å²) in [5.74, 6) is 2.23. The second-order valence-electron chi connectivity index (χ2n) is 7.16. The number of nitrogens with zero attached hydrogens (tertiary/aromatic N) is 4. The molecule has 0 aliphatic carbocycles. The zero-order valence-electron chi connectivity index (χ0n) is 16.7. The van der Waals surface area contributed by atoms with Gasteiger partial charge in [-0.25, -0.2) is 4.68 Å². The summed E-state index contributed by atoms with van der Waals surface area (Å²) in [5.41, 5.74) is 3.03. The van der Waals surface area contributed by atoms with Crippen LogP contribution in [0.15, 0.2) is 40.8 Å². The van der Waals surface area contributed by atoms with Gasteiger partial charge >= 0.3 is 0 Å². The van der Waals surface area contributed by atoms with Gasteiger partial charge in [0.25, 0.3) is 0 Å². The molecule has 0 unspecified atom stereocenters. The number of carbonyl (C=O) groups is 1. The Morgan fingerprint density at radius 2 is 1.86 bits per heavy atom. The lowest BCUT2D eigenvalue weighted by Gasteiger charge is -2.29. The lowest BCUT2D eigenvalue weighted by Crippen LogP contribution is -2.39. The summed E-state index contributed by atoms with van der Waals surface area (Å²) < 4.78 is 12.9. The lowest BCUT2D eigenvalue weighted by atomic mass is 10.1. The Hall–Kier alpha value is -3.13. The zero-order valence-corrected chi connectivity index (χ0v) is 16.7. The molecule has 0 saturated carbocycles. The molecule has 0 radical (unpaired) electrons. The Balaban J connectivity index is 1.36. The van der Waals surface area contributed by atoms with E-state index < -0.39 is 0 Å². The van der Waals surface area contributed by atoms with Gasteiger partial charge in [0.15, 0.2) is 5.82 Å². The molecule has 1 amide bonds. The fourth-order valence-electron chi connectivity index (χ4n) is 3.39. The summed E-state index contributed by atoms with van der Waals surface area (Å²) in [5, 5.41) is 11.2. The molecule has 8 nitrogen and oxygen atoms in total. The first-order valence-corrected chi connectivity index (χ1v) is 9.75. The Kier molecular flexibility index (Phi) is 5.62. The van der Waals surface area contributed by atoms with Gasteiger partial charge in [0.2, 0.25) is 5.91 Å². The molecule has 1 aromatic carbocycles. The van der Waals surface area contributed by atoms with E-state index in [-0.39, 0.29) is 12.5 Å². The van der Waals surface area contributed by atoms with Gasteiger partial charge in [-0.2, -0.15) is 0 Å². The summed E-state index contributed by atoms with van der Waals surface area (Å²) in [7, 11) is 0. The lowest BCUT2D eigenvalue weighted by molar-refractivity contribution is -0.122. The van der Waals surface area contributed by atoms with Crippen LogP contribution in [-0.4, -0.2) is 47.2 Å². The summed E-state index contributed by atoms with van der Waals surface area (Å²) in [6.07, 6.45) is 0. The highest BCUT2D eigenvalue weighted by molar-refractivity contribution is 5.76. The largest absolute Gasteiger partial charge is 0.459 e. The van der Waals surface area contributed by atoms with Crippen molar-refractivity contribution in [3.8, 4) is 11.3 Å². The van der Waals surface area contributed by atoms with E-state index in [0.29, 0.717) is 25.5 Å². The van der Waals surface area contributed by atoms with Crippen molar-refractivity contribution < 1.29 is 13.9 Å². The first kappa shape index (κ1) is 19.2. The number of rotatable bonds is 6. The minimum Gasteiger partial charge on any atom is -0.459 e. The molecule has 0 atom stereocenters. The quantitative estimate of drug-likeness (QED) is 0.689. The standard InChI is InChI=1S/C21H25N5O3/c1-15-3-5-17(6-4-15)19-8-7-18(29-19)13-22-20(27)14-26-21(16(2)23-24-26)25-9-11-28-12-10-25/h3-8H,9-14H2,1-2H3,(H,22,27). The maximum Gasteiger partial charge on any atom is 0.242 e. The third kappa shape index (κ3) is 4.48. The van der Waals surface area contributed by atoms with Crippen LogP contribution in [0.25, 0.3) is 11.3 Å². The van der Waals surface area contributed by atoms with Gasteiger partial charge in [-0.05, 0) is 26.0 Å². The molecular weight excluding hydrogens is 370 g/mol. The third-order valence-corrected chi connectivity index (χ3v) is 4.93. The molecule has 8 heteroatoms. The van der Waals surface area contributed by atoms with E-state index in [9.17, 15) is 4.79 Å². The van der Waals surface area contributed by atoms with Crippen LogP contribution < -0.4 is 10.2 Å². The van der Waals surface area contributed by atoms with E-state index in [4.69, 9.17) is 9.15 Å². The summed E-state index contributed by atoms with van der Waals surface area (Å²) >= 11 is 0. The number of ether oxygens (including phenoxy) is 1. The Morgan fingerprint density at radius 1 is 1.10 bits per heavy atom. The van der Waals surface area contributed by atoms with Gasteiger partial charge < -0.3 is 19.4 Å². The van der Waals surface area contributed by atoms with Gasteiger partial charge in [-0.3, -0.25) is 4.79 Å². The Labute approximate surface area is 169 Å². The highest BCUT2D eigenvalue weighted by Crippen LogP contribution is 2.22. The number of aryl methyl sites for hydroxylation is 2. The third-order valence-electron chi connectivity index (χ3n) is 4.93. The number of benzene rings is 1. The molecule has 1 N–H and O–H groups in total. The van der Waals surface area contributed by atoms with Crippen molar-refractivity contribution in [2.45, 2.75) is 26.9 Å². The number of aromatic nitrogens is 3. The average molecular weight is 395 g/mol. The SMILES string of the molecule is Cc1ccc(-c2ccc(CNC(=O)Cn3nnc(C)c3N3CCOCC3)o2)cc1. The molecule has 1 saturated heterocycles. The van der Waals surface area contributed by atoms with Crippen molar-refractivity contribution in [1.82, 2.24) is 20.3 Å². The number of morpholine rings is 1. The molecule has 1 fully saturated rings. The zero-order chi connectivity index (χ0) is 20.2. The minimum atomic E-state index is -0.141. The Morgan fingerprint density at radius 3 is 2.62 bits per heavy atom. The first-order chi connectivity index (χ1) is 14.1. The van der Waals surface area contributed by atoms with Crippen molar-refractivity contribution in [3.05, 3.63) is 53.4 Å². The average Bonchev–Trinajstić information content (AvgIpc) is 3.34. The van der Waals surface area contributed by atoms with Crippen LogP contribution in [-0.2, 0) is 22.6 Å². The smallest absolute Gasteiger partial charge is 0.242 e. The number of nitrogens with one attached hydrogen (secondary N) is 1. The maximum absolute atomic E-state index is 12.5. The highest BCUT2D eigenvalue weighted by atomic mass is 16.5. The Bertz CT molecular complexity index is 971. The number of hydrogen-bond donors (Lipinski definition) is 1. The summed E-state index contributed by atoms with van der Waals surface area (Å²) in [4.78, 5) is 14.6. The van der Waals surface area contributed by atoms with Crippen LogP contribution in [0.3, 0.4) is 0 Å². The number of hydrogen-bond acceptors (Lipinski definition) is 6. The number of amides is 1. The molecule has 3 aromatic rings. The number of furan rings is 1. The molecule has 29 heavy (non-hydrogen) atoms. The maximum atomic E-state index is 12.5. The molecule has 3 heterocycles. The highest BCUT2D eigenvalue weighted by Gasteiger charge is 2.20. The fraction of sp³-hybridized carbons (Fsp3) is 0.381. The van der Waals surface area contributed by atoms with E-state index in [0.717, 1.165) is 35.9 Å². The minimum absolute atomic E-state index is 0.110.